The standard InChI is InChI=1S/C14H13ClN2O3/c1-7-3-10(4-8(2)12(7)15)20-13-11(14(18)19)5-9(16)6-17-13/h3-6H,16H2,1-2H3,(H,18,19). The highest BCUT2D eigenvalue weighted by Gasteiger charge is 2.15. The van der Waals surface area contributed by atoms with Gasteiger partial charge in [-0.1, -0.05) is 11.6 Å². The molecular weight excluding hydrogens is 280 g/mol. The molecule has 0 amide bonds. The number of nitrogens with two attached hydrogens (primary N) is 1. The van der Waals surface area contributed by atoms with Crippen molar-refractivity contribution in [3.63, 3.8) is 0 Å². The fourth-order valence-electron chi connectivity index (χ4n) is 1.78. The number of pyridine rings is 1. The third-order valence-electron chi connectivity index (χ3n) is 2.73. The molecule has 0 atom stereocenters. The number of nitrogen functional groups attached to an aromatic ring is 1. The van der Waals surface area contributed by atoms with Crippen LogP contribution in [-0.2, 0) is 0 Å². The average Bonchev–Trinajstić information content (AvgIpc) is 2.37. The van der Waals surface area contributed by atoms with Crippen LogP contribution in [0.15, 0.2) is 24.4 Å². The summed E-state index contributed by atoms with van der Waals surface area (Å²) in [5, 5.41) is 9.78. The van der Waals surface area contributed by atoms with Gasteiger partial charge in [0.2, 0.25) is 5.88 Å². The SMILES string of the molecule is Cc1cc(Oc2ncc(N)cc2C(=O)O)cc(C)c1Cl. The van der Waals surface area contributed by atoms with E-state index in [0.717, 1.165) is 11.1 Å². The lowest BCUT2D eigenvalue weighted by atomic mass is 10.1. The molecule has 2 aromatic rings. The number of carboxylic acid groups (broad SMARTS) is 1. The summed E-state index contributed by atoms with van der Waals surface area (Å²) in [6.45, 7) is 3.69. The van der Waals surface area contributed by atoms with Gasteiger partial charge in [0.15, 0.2) is 0 Å². The van der Waals surface area contributed by atoms with Gasteiger partial charge >= 0.3 is 5.97 Å². The Morgan fingerprint density at radius 1 is 1.30 bits per heavy atom. The number of carboxylic acids is 1. The van der Waals surface area contributed by atoms with E-state index in [1.165, 1.54) is 12.3 Å². The second-order valence-electron chi connectivity index (χ2n) is 4.40. The Hall–Kier alpha value is -2.27. The molecule has 0 saturated carbocycles. The van der Waals surface area contributed by atoms with Crippen molar-refractivity contribution in [1.29, 1.82) is 0 Å². The number of aromatic nitrogens is 1. The number of aromatic carboxylic acids is 1. The molecular formula is C14H13ClN2O3. The largest absolute Gasteiger partial charge is 0.477 e. The summed E-state index contributed by atoms with van der Waals surface area (Å²) in [4.78, 5) is 15.1. The molecule has 20 heavy (non-hydrogen) atoms. The number of nitrogens with zero attached hydrogens (tertiary/aromatic N) is 1. The molecule has 0 radical (unpaired) electrons. The molecule has 0 saturated heterocycles. The summed E-state index contributed by atoms with van der Waals surface area (Å²) in [6.07, 6.45) is 1.34. The highest BCUT2D eigenvalue weighted by Crippen LogP contribution is 2.30. The summed E-state index contributed by atoms with van der Waals surface area (Å²) in [7, 11) is 0. The van der Waals surface area contributed by atoms with Gasteiger partial charge in [0.1, 0.15) is 11.3 Å². The Morgan fingerprint density at radius 3 is 2.45 bits per heavy atom. The zero-order valence-corrected chi connectivity index (χ0v) is 11.7. The van der Waals surface area contributed by atoms with Crippen LogP contribution < -0.4 is 10.5 Å². The molecule has 1 aromatic heterocycles. The number of ether oxygens (including phenoxy) is 1. The minimum Gasteiger partial charge on any atom is -0.477 e. The normalized spacial score (nSPS) is 10.3. The first-order valence-electron chi connectivity index (χ1n) is 5.82. The van der Waals surface area contributed by atoms with Gasteiger partial charge in [-0.05, 0) is 43.2 Å². The van der Waals surface area contributed by atoms with Crippen LogP contribution in [0, 0.1) is 13.8 Å². The van der Waals surface area contributed by atoms with E-state index in [9.17, 15) is 4.79 Å². The molecule has 2 rings (SSSR count). The number of rotatable bonds is 3. The van der Waals surface area contributed by atoms with E-state index < -0.39 is 5.97 Å². The Bertz CT molecular complexity index is 663. The lowest BCUT2D eigenvalue weighted by Crippen LogP contribution is -2.03. The first kappa shape index (κ1) is 14.1. The van der Waals surface area contributed by atoms with Crippen LogP contribution in [0.2, 0.25) is 5.02 Å². The highest BCUT2D eigenvalue weighted by atomic mass is 35.5. The van der Waals surface area contributed by atoms with E-state index in [1.54, 1.807) is 12.1 Å². The predicted molar refractivity (Wildman–Crippen MR) is 76.6 cm³/mol. The Balaban J connectivity index is 2.42. The van der Waals surface area contributed by atoms with E-state index in [4.69, 9.17) is 27.2 Å². The summed E-state index contributed by atoms with van der Waals surface area (Å²) in [6, 6.07) is 4.75. The van der Waals surface area contributed by atoms with Gasteiger partial charge in [-0.3, -0.25) is 0 Å². The predicted octanol–water partition coefficient (Wildman–Crippen LogP) is 3.42. The lowest BCUT2D eigenvalue weighted by molar-refractivity contribution is 0.0693. The molecule has 0 unspecified atom stereocenters. The quantitative estimate of drug-likeness (QED) is 0.905. The summed E-state index contributed by atoms with van der Waals surface area (Å²) in [5.41, 5.74) is 7.39. The first-order chi connectivity index (χ1) is 9.38. The molecule has 104 valence electrons. The summed E-state index contributed by atoms with van der Waals surface area (Å²) >= 11 is 6.07. The van der Waals surface area contributed by atoms with E-state index in [2.05, 4.69) is 4.98 Å². The minimum absolute atomic E-state index is 0.00665. The molecule has 5 nitrogen and oxygen atoms in total. The van der Waals surface area contributed by atoms with Crippen LogP contribution in [-0.4, -0.2) is 16.1 Å². The van der Waals surface area contributed by atoms with Crippen LogP contribution in [0.3, 0.4) is 0 Å². The van der Waals surface area contributed by atoms with Gasteiger partial charge in [0.25, 0.3) is 0 Å². The maximum atomic E-state index is 11.2. The maximum absolute atomic E-state index is 11.2. The van der Waals surface area contributed by atoms with Gasteiger partial charge in [0.05, 0.1) is 11.9 Å². The van der Waals surface area contributed by atoms with Crippen molar-refractivity contribution in [2.45, 2.75) is 13.8 Å². The van der Waals surface area contributed by atoms with E-state index >= 15 is 0 Å². The van der Waals surface area contributed by atoms with Crippen molar-refractivity contribution in [1.82, 2.24) is 4.98 Å². The molecule has 0 aliphatic heterocycles. The zero-order valence-electron chi connectivity index (χ0n) is 11.0. The van der Waals surface area contributed by atoms with Gasteiger partial charge in [0, 0.05) is 5.02 Å². The number of benzene rings is 1. The van der Waals surface area contributed by atoms with Crippen molar-refractivity contribution in [3.05, 3.63) is 46.1 Å². The number of anilines is 1. The van der Waals surface area contributed by atoms with Crippen molar-refractivity contribution in [2.24, 2.45) is 0 Å². The molecule has 0 bridgehead atoms. The number of halogens is 1. The number of hydrogen-bond acceptors (Lipinski definition) is 4. The third-order valence-corrected chi connectivity index (χ3v) is 3.32. The molecule has 1 heterocycles. The highest BCUT2D eigenvalue weighted by molar-refractivity contribution is 6.32. The van der Waals surface area contributed by atoms with Crippen LogP contribution in [0.5, 0.6) is 11.6 Å². The summed E-state index contributed by atoms with van der Waals surface area (Å²) < 4.78 is 5.54. The molecule has 0 spiro atoms. The lowest BCUT2D eigenvalue weighted by Gasteiger charge is -2.11. The monoisotopic (exact) mass is 292 g/mol. The van der Waals surface area contributed by atoms with Crippen LogP contribution in [0.4, 0.5) is 5.69 Å². The topological polar surface area (TPSA) is 85.4 Å². The molecule has 3 N–H and O–H groups in total. The van der Waals surface area contributed by atoms with Crippen molar-refractivity contribution >= 4 is 23.3 Å². The van der Waals surface area contributed by atoms with E-state index in [1.807, 2.05) is 13.8 Å². The molecule has 1 aromatic carbocycles. The van der Waals surface area contributed by atoms with Crippen molar-refractivity contribution < 1.29 is 14.6 Å². The second kappa shape index (κ2) is 5.38. The Labute approximate surface area is 121 Å². The van der Waals surface area contributed by atoms with Crippen LogP contribution in [0.1, 0.15) is 21.5 Å². The maximum Gasteiger partial charge on any atom is 0.341 e. The molecule has 0 fully saturated rings. The van der Waals surface area contributed by atoms with Gasteiger partial charge in [-0.15, -0.1) is 0 Å². The van der Waals surface area contributed by atoms with Gasteiger partial charge < -0.3 is 15.6 Å². The van der Waals surface area contributed by atoms with Gasteiger partial charge in [-0.25, -0.2) is 9.78 Å². The minimum atomic E-state index is -1.15. The van der Waals surface area contributed by atoms with Crippen LogP contribution in [0.25, 0.3) is 0 Å². The Kier molecular flexibility index (Phi) is 3.81. The second-order valence-corrected chi connectivity index (χ2v) is 4.78. The zero-order chi connectivity index (χ0) is 14.9. The smallest absolute Gasteiger partial charge is 0.341 e. The number of hydrogen-bond donors (Lipinski definition) is 2. The number of aryl methyl sites for hydroxylation is 2. The average molecular weight is 293 g/mol. The van der Waals surface area contributed by atoms with E-state index in [0.29, 0.717) is 10.8 Å². The number of carbonyl (C=O) groups is 1. The van der Waals surface area contributed by atoms with Crippen molar-refractivity contribution in [2.75, 3.05) is 5.73 Å². The van der Waals surface area contributed by atoms with Crippen LogP contribution >= 0.6 is 11.6 Å². The molecule has 0 aliphatic rings. The fourth-order valence-corrected chi connectivity index (χ4v) is 1.89. The third kappa shape index (κ3) is 2.83. The summed E-state index contributed by atoms with van der Waals surface area (Å²) in [5.74, 6) is -0.681. The van der Waals surface area contributed by atoms with Crippen molar-refractivity contribution in [3.8, 4) is 11.6 Å². The molecule has 6 heteroatoms. The molecule has 0 aliphatic carbocycles. The van der Waals surface area contributed by atoms with Gasteiger partial charge in [-0.2, -0.15) is 0 Å². The fraction of sp³-hybridized carbons (Fsp3) is 0.143. The van der Waals surface area contributed by atoms with E-state index in [-0.39, 0.29) is 17.1 Å². The Morgan fingerprint density at radius 2 is 1.90 bits per heavy atom. The first-order valence-corrected chi connectivity index (χ1v) is 6.19.